The molecule has 0 saturated carbocycles. The molecule has 3 aromatic rings. The van der Waals surface area contributed by atoms with Crippen molar-refractivity contribution in [3.63, 3.8) is 0 Å². The van der Waals surface area contributed by atoms with Crippen molar-refractivity contribution in [2.75, 3.05) is 23.3 Å². The lowest BCUT2D eigenvalue weighted by Gasteiger charge is -2.40. The first-order valence-corrected chi connectivity index (χ1v) is 14.5. The number of nitrogens with one attached hydrogen (secondary N) is 1. The number of hydrogen-bond acceptors (Lipinski definition) is 5. The molecular formula is C34H38N4O2. The second-order valence-electron chi connectivity index (χ2n) is 12.3. The van der Waals surface area contributed by atoms with Gasteiger partial charge in [-0.3, -0.25) is 24.4 Å². The van der Waals surface area contributed by atoms with E-state index in [0.717, 1.165) is 71.6 Å². The molecule has 1 aromatic heterocycles. The Labute approximate surface area is 237 Å². The summed E-state index contributed by atoms with van der Waals surface area (Å²) in [6.45, 7) is 7.48. The molecule has 6 nitrogen and oxygen atoms in total. The molecular weight excluding hydrogens is 496 g/mol. The van der Waals surface area contributed by atoms with Crippen LogP contribution in [0.5, 0.6) is 0 Å². The van der Waals surface area contributed by atoms with Crippen LogP contribution in [0.25, 0.3) is 0 Å². The van der Waals surface area contributed by atoms with Gasteiger partial charge in [0.15, 0.2) is 5.78 Å². The molecule has 1 aliphatic carbocycles. The van der Waals surface area contributed by atoms with Crippen LogP contribution in [-0.4, -0.2) is 34.7 Å². The summed E-state index contributed by atoms with van der Waals surface area (Å²) in [6, 6.07) is 20.0. The lowest BCUT2D eigenvalue weighted by molar-refractivity contribution is -0.121. The van der Waals surface area contributed by atoms with Gasteiger partial charge in [-0.05, 0) is 67.5 Å². The third kappa shape index (κ3) is 5.08. The zero-order valence-electron chi connectivity index (χ0n) is 23.7. The van der Waals surface area contributed by atoms with Gasteiger partial charge in [0.05, 0.1) is 24.0 Å². The Bertz CT molecular complexity index is 1440. The first-order valence-electron chi connectivity index (χ1n) is 14.5. The largest absolute Gasteiger partial charge is 0.357 e. The molecule has 0 unspecified atom stereocenters. The molecule has 0 radical (unpaired) electrons. The summed E-state index contributed by atoms with van der Waals surface area (Å²) in [7, 11) is 0. The average Bonchev–Trinajstić information content (AvgIpc) is 3.08. The molecule has 1 amide bonds. The molecule has 6 heteroatoms. The van der Waals surface area contributed by atoms with Gasteiger partial charge in [0.2, 0.25) is 5.91 Å². The number of amides is 1. The Hall–Kier alpha value is -3.77. The number of benzene rings is 2. The van der Waals surface area contributed by atoms with E-state index in [2.05, 4.69) is 66.3 Å². The van der Waals surface area contributed by atoms with Gasteiger partial charge in [0.1, 0.15) is 0 Å². The number of anilines is 2. The van der Waals surface area contributed by atoms with Crippen LogP contribution in [-0.2, 0) is 9.59 Å². The molecule has 2 aromatic carbocycles. The molecule has 40 heavy (non-hydrogen) atoms. The van der Waals surface area contributed by atoms with Crippen LogP contribution in [0.4, 0.5) is 11.4 Å². The molecule has 2 aliphatic heterocycles. The number of para-hydroxylation sites is 2. The van der Waals surface area contributed by atoms with E-state index in [1.165, 1.54) is 0 Å². The Morgan fingerprint density at radius 2 is 1.80 bits per heavy atom. The first-order chi connectivity index (χ1) is 19.3. The van der Waals surface area contributed by atoms with Gasteiger partial charge < -0.3 is 5.32 Å². The monoisotopic (exact) mass is 534 g/mol. The first kappa shape index (κ1) is 26.5. The van der Waals surface area contributed by atoms with Crippen molar-refractivity contribution in [1.29, 1.82) is 0 Å². The van der Waals surface area contributed by atoms with E-state index in [-0.39, 0.29) is 29.7 Å². The summed E-state index contributed by atoms with van der Waals surface area (Å²) in [4.78, 5) is 37.1. The summed E-state index contributed by atoms with van der Waals surface area (Å²) < 4.78 is 0. The minimum Gasteiger partial charge on any atom is -0.357 e. The lowest BCUT2D eigenvalue weighted by atomic mass is 9.73. The molecule has 3 heterocycles. The highest BCUT2D eigenvalue weighted by molar-refractivity contribution is 6.06. The minimum absolute atomic E-state index is 0.00185. The van der Waals surface area contributed by atoms with Crippen LogP contribution in [0, 0.1) is 12.3 Å². The highest BCUT2D eigenvalue weighted by atomic mass is 16.2. The predicted octanol–water partition coefficient (Wildman–Crippen LogP) is 6.76. The SMILES string of the molecule is Cc1ccc([C@@H]2C3=C(CC(C)(C)CC3=O)Nc3ccccc3N2C(=O)CN2CCCC[C@H]2c2cccnc2)cc1. The number of pyridine rings is 1. The second-order valence-corrected chi connectivity index (χ2v) is 12.3. The molecule has 6 rings (SSSR count). The van der Waals surface area contributed by atoms with Gasteiger partial charge in [-0.2, -0.15) is 0 Å². The molecule has 1 N–H and O–H groups in total. The van der Waals surface area contributed by atoms with Crippen molar-refractivity contribution >= 4 is 23.1 Å². The number of carbonyl (C=O) groups is 2. The van der Waals surface area contributed by atoms with Crippen molar-refractivity contribution in [1.82, 2.24) is 9.88 Å². The second kappa shape index (κ2) is 10.7. The number of carbonyl (C=O) groups excluding carboxylic acids is 2. The highest BCUT2D eigenvalue weighted by Gasteiger charge is 2.43. The molecule has 206 valence electrons. The maximum atomic E-state index is 14.6. The Balaban J connectivity index is 1.46. The number of piperidine rings is 1. The van der Waals surface area contributed by atoms with E-state index >= 15 is 0 Å². The molecule has 2 atom stereocenters. The fraction of sp³-hybridized carbons (Fsp3) is 0.382. The third-order valence-corrected chi connectivity index (χ3v) is 8.58. The smallest absolute Gasteiger partial charge is 0.242 e. The van der Waals surface area contributed by atoms with Gasteiger partial charge in [-0.1, -0.05) is 68.3 Å². The average molecular weight is 535 g/mol. The summed E-state index contributed by atoms with van der Waals surface area (Å²) in [5.74, 6) is 0.114. The van der Waals surface area contributed by atoms with Crippen molar-refractivity contribution in [2.45, 2.75) is 65.0 Å². The van der Waals surface area contributed by atoms with Gasteiger partial charge in [0.25, 0.3) is 0 Å². The maximum Gasteiger partial charge on any atom is 0.242 e. The van der Waals surface area contributed by atoms with Crippen LogP contribution < -0.4 is 10.2 Å². The highest BCUT2D eigenvalue weighted by Crippen LogP contribution is 2.48. The van der Waals surface area contributed by atoms with Crippen molar-refractivity contribution in [3.05, 3.63) is 101 Å². The molecule has 0 bridgehead atoms. The van der Waals surface area contributed by atoms with Crippen LogP contribution >= 0.6 is 0 Å². The van der Waals surface area contributed by atoms with Gasteiger partial charge in [-0.15, -0.1) is 0 Å². The Morgan fingerprint density at radius 3 is 2.58 bits per heavy atom. The number of hydrogen-bond donors (Lipinski definition) is 1. The fourth-order valence-corrected chi connectivity index (χ4v) is 6.71. The Morgan fingerprint density at radius 1 is 1.00 bits per heavy atom. The van der Waals surface area contributed by atoms with Crippen LogP contribution in [0.3, 0.4) is 0 Å². The number of allylic oxidation sites excluding steroid dienone is 1. The number of nitrogens with zero attached hydrogens (tertiary/aromatic N) is 3. The number of aryl methyl sites for hydroxylation is 1. The summed E-state index contributed by atoms with van der Waals surface area (Å²) in [6.07, 6.45) is 8.13. The zero-order valence-corrected chi connectivity index (χ0v) is 23.7. The van der Waals surface area contributed by atoms with Gasteiger partial charge in [-0.25, -0.2) is 0 Å². The van der Waals surface area contributed by atoms with Gasteiger partial charge >= 0.3 is 0 Å². The van der Waals surface area contributed by atoms with Crippen LogP contribution in [0.15, 0.2) is 84.3 Å². The zero-order chi connectivity index (χ0) is 27.9. The van der Waals surface area contributed by atoms with Crippen LogP contribution in [0.1, 0.15) is 74.7 Å². The summed E-state index contributed by atoms with van der Waals surface area (Å²) >= 11 is 0. The molecule has 1 saturated heterocycles. The van der Waals surface area contributed by atoms with Crippen molar-refractivity contribution in [3.8, 4) is 0 Å². The number of Topliss-reactive ketones (excluding diaryl/α,β-unsaturated/α-hetero) is 1. The van der Waals surface area contributed by atoms with E-state index in [1.807, 2.05) is 41.4 Å². The Kier molecular flexibility index (Phi) is 7.05. The number of fused-ring (bicyclic) bond motifs is 1. The number of rotatable bonds is 4. The molecule has 3 aliphatic rings. The lowest BCUT2D eigenvalue weighted by Crippen LogP contribution is -2.46. The minimum atomic E-state index is -0.496. The normalized spacial score (nSPS) is 22.7. The number of ketones is 1. The number of aromatic nitrogens is 1. The quantitative estimate of drug-likeness (QED) is 0.401. The van der Waals surface area contributed by atoms with E-state index < -0.39 is 6.04 Å². The number of likely N-dealkylation sites (tertiary alicyclic amines) is 1. The van der Waals surface area contributed by atoms with Gasteiger partial charge in [0, 0.05) is 36.1 Å². The topological polar surface area (TPSA) is 65.5 Å². The summed E-state index contributed by atoms with van der Waals surface area (Å²) in [5.41, 5.74) is 6.43. The predicted molar refractivity (Wildman–Crippen MR) is 159 cm³/mol. The third-order valence-electron chi connectivity index (χ3n) is 8.58. The van der Waals surface area contributed by atoms with E-state index in [4.69, 9.17) is 0 Å². The van der Waals surface area contributed by atoms with E-state index in [9.17, 15) is 9.59 Å². The maximum absolute atomic E-state index is 14.6. The van der Waals surface area contributed by atoms with Crippen molar-refractivity contribution < 1.29 is 9.59 Å². The molecule has 0 spiro atoms. The van der Waals surface area contributed by atoms with Crippen molar-refractivity contribution in [2.24, 2.45) is 5.41 Å². The van der Waals surface area contributed by atoms with E-state index in [1.54, 1.807) is 6.20 Å². The fourth-order valence-electron chi connectivity index (χ4n) is 6.71. The standard InChI is InChI=1S/C34H38N4O2/c1-23-13-15-24(16-14-23)33-32-27(19-34(2,3)20-30(32)39)36-26-10-4-5-12-29(26)38(33)31(40)22-37-18-7-6-11-28(37)25-9-8-17-35-21-25/h4-5,8-10,12-17,21,28,33,36H,6-7,11,18-20,22H2,1-3H3/t28-,33+/m0/s1. The van der Waals surface area contributed by atoms with E-state index in [0.29, 0.717) is 6.42 Å². The summed E-state index contributed by atoms with van der Waals surface area (Å²) in [5, 5.41) is 3.62. The van der Waals surface area contributed by atoms with Crippen LogP contribution in [0.2, 0.25) is 0 Å². The molecule has 1 fully saturated rings.